The van der Waals surface area contributed by atoms with Crippen LogP contribution in [0, 0.1) is 10.1 Å². The van der Waals surface area contributed by atoms with Crippen LogP contribution in [0.25, 0.3) is 0 Å². The number of nitro groups is 1. The van der Waals surface area contributed by atoms with Gasteiger partial charge in [-0.25, -0.2) is 0 Å². The molecular formula is C7H8ClN3O2. The third kappa shape index (κ3) is 1.93. The summed E-state index contributed by atoms with van der Waals surface area (Å²) in [6.45, 7) is 1.69. The van der Waals surface area contributed by atoms with Gasteiger partial charge in [0.2, 0.25) is 0 Å². The van der Waals surface area contributed by atoms with E-state index in [1.807, 2.05) is 0 Å². The molecule has 70 valence electrons. The van der Waals surface area contributed by atoms with Crippen molar-refractivity contribution in [3.8, 4) is 0 Å². The molecule has 0 spiro atoms. The van der Waals surface area contributed by atoms with Gasteiger partial charge in [-0.15, -0.1) is 0 Å². The fraction of sp³-hybridized carbons (Fsp3) is 0.286. The van der Waals surface area contributed by atoms with Crippen LogP contribution in [0.15, 0.2) is 12.4 Å². The summed E-state index contributed by atoms with van der Waals surface area (Å²) >= 11 is 5.74. The molecule has 1 rings (SSSR count). The molecule has 0 aliphatic carbocycles. The zero-order chi connectivity index (χ0) is 10.0. The topological polar surface area (TPSA) is 82.0 Å². The Morgan fingerprint density at radius 2 is 2.31 bits per heavy atom. The van der Waals surface area contributed by atoms with Crippen LogP contribution in [0.1, 0.15) is 18.5 Å². The summed E-state index contributed by atoms with van der Waals surface area (Å²) in [5, 5.41) is 10.5. The number of nitrogens with two attached hydrogens (primary N) is 1. The van der Waals surface area contributed by atoms with Crippen molar-refractivity contribution in [1.82, 2.24) is 4.98 Å². The average molecular weight is 202 g/mol. The maximum absolute atomic E-state index is 10.4. The molecule has 6 heteroatoms. The number of aromatic nitrogens is 1. The highest BCUT2D eigenvalue weighted by Crippen LogP contribution is 2.29. The van der Waals surface area contributed by atoms with E-state index in [-0.39, 0.29) is 16.8 Å². The lowest BCUT2D eigenvalue weighted by molar-refractivity contribution is -0.385. The number of hydrogen-bond donors (Lipinski definition) is 1. The molecule has 0 aromatic carbocycles. The van der Waals surface area contributed by atoms with E-state index in [1.165, 1.54) is 6.20 Å². The molecule has 0 fully saturated rings. The maximum Gasteiger partial charge on any atom is 0.306 e. The third-order valence-electron chi connectivity index (χ3n) is 1.58. The molecule has 5 nitrogen and oxygen atoms in total. The lowest BCUT2D eigenvalue weighted by atomic mass is 10.1. The van der Waals surface area contributed by atoms with Crippen LogP contribution < -0.4 is 5.73 Å². The molecule has 1 atom stereocenters. The van der Waals surface area contributed by atoms with Gasteiger partial charge in [0.1, 0.15) is 11.2 Å². The summed E-state index contributed by atoms with van der Waals surface area (Å²) in [5.41, 5.74) is 5.81. The van der Waals surface area contributed by atoms with Crippen LogP contribution in [0.5, 0.6) is 0 Å². The predicted octanol–water partition coefficient (Wildman–Crippen LogP) is 1.66. The molecule has 0 aliphatic heterocycles. The van der Waals surface area contributed by atoms with Gasteiger partial charge in [0, 0.05) is 17.8 Å². The standard InChI is InChI=1S/C7H8ClN3O2/c1-4(9)5-2-10-3-6(7(5)8)11(12)13/h2-4H,9H2,1H3. The van der Waals surface area contributed by atoms with Crippen molar-refractivity contribution in [3.63, 3.8) is 0 Å². The van der Waals surface area contributed by atoms with Gasteiger partial charge in [-0.05, 0) is 6.92 Å². The van der Waals surface area contributed by atoms with E-state index in [0.29, 0.717) is 5.56 Å². The van der Waals surface area contributed by atoms with Gasteiger partial charge >= 0.3 is 5.69 Å². The summed E-state index contributed by atoms with van der Waals surface area (Å²) in [7, 11) is 0. The van der Waals surface area contributed by atoms with E-state index in [9.17, 15) is 10.1 Å². The summed E-state index contributed by atoms with van der Waals surface area (Å²) in [6.07, 6.45) is 2.54. The Kier molecular flexibility index (Phi) is 2.79. The van der Waals surface area contributed by atoms with Crippen molar-refractivity contribution >= 4 is 17.3 Å². The van der Waals surface area contributed by atoms with Crippen molar-refractivity contribution in [2.24, 2.45) is 5.73 Å². The molecule has 0 saturated carbocycles. The quantitative estimate of drug-likeness (QED) is 0.583. The SMILES string of the molecule is CC(N)c1cncc([N+](=O)[O-])c1Cl. The molecule has 0 bridgehead atoms. The first kappa shape index (κ1) is 9.88. The van der Waals surface area contributed by atoms with Crippen molar-refractivity contribution in [2.75, 3.05) is 0 Å². The minimum atomic E-state index is -0.582. The summed E-state index contributed by atoms with van der Waals surface area (Å²) < 4.78 is 0. The summed E-state index contributed by atoms with van der Waals surface area (Å²) in [5.74, 6) is 0. The second-order valence-electron chi connectivity index (χ2n) is 2.61. The zero-order valence-corrected chi connectivity index (χ0v) is 7.65. The zero-order valence-electron chi connectivity index (χ0n) is 6.90. The fourth-order valence-corrected chi connectivity index (χ4v) is 1.23. The van der Waals surface area contributed by atoms with Crippen molar-refractivity contribution < 1.29 is 4.92 Å². The van der Waals surface area contributed by atoms with Crippen LogP contribution in [-0.4, -0.2) is 9.91 Å². The maximum atomic E-state index is 10.4. The van der Waals surface area contributed by atoms with Gasteiger partial charge in [0.15, 0.2) is 0 Å². The molecule has 0 aliphatic rings. The van der Waals surface area contributed by atoms with Crippen molar-refractivity contribution in [1.29, 1.82) is 0 Å². The highest BCUT2D eigenvalue weighted by molar-refractivity contribution is 6.33. The van der Waals surface area contributed by atoms with Crippen molar-refractivity contribution in [3.05, 3.63) is 33.1 Å². The second kappa shape index (κ2) is 3.68. The van der Waals surface area contributed by atoms with Gasteiger partial charge < -0.3 is 5.73 Å². The Bertz CT molecular complexity index is 341. The lowest BCUT2D eigenvalue weighted by Gasteiger charge is -2.06. The molecule has 1 unspecified atom stereocenters. The number of nitrogens with zero attached hydrogens (tertiary/aromatic N) is 2. The average Bonchev–Trinajstić information content (AvgIpc) is 2.03. The van der Waals surface area contributed by atoms with E-state index in [2.05, 4.69) is 4.98 Å². The molecular weight excluding hydrogens is 194 g/mol. The van der Waals surface area contributed by atoms with Crippen LogP contribution >= 0.6 is 11.6 Å². The number of halogens is 1. The Morgan fingerprint density at radius 3 is 2.77 bits per heavy atom. The van der Waals surface area contributed by atoms with E-state index in [1.54, 1.807) is 6.92 Å². The van der Waals surface area contributed by atoms with E-state index in [0.717, 1.165) is 6.20 Å². The van der Waals surface area contributed by atoms with E-state index >= 15 is 0 Å². The first-order chi connectivity index (χ1) is 6.04. The fourth-order valence-electron chi connectivity index (χ4n) is 0.894. The first-order valence-corrected chi connectivity index (χ1v) is 3.95. The minimum Gasteiger partial charge on any atom is -0.324 e. The molecule has 1 aromatic rings. The van der Waals surface area contributed by atoms with Crippen LogP contribution in [0.4, 0.5) is 5.69 Å². The molecule has 0 radical (unpaired) electrons. The first-order valence-electron chi connectivity index (χ1n) is 3.57. The molecule has 1 heterocycles. The largest absolute Gasteiger partial charge is 0.324 e. The summed E-state index contributed by atoms with van der Waals surface area (Å²) in [6, 6.07) is -0.361. The Hall–Kier alpha value is -1.20. The second-order valence-corrected chi connectivity index (χ2v) is 2.99. The smallest absolute Gasteiger partial charge is 0.306 e. The Balaban J connectivity index is 3.26. The van der Waals surface area contributed by atoms with Gasteiger partial charge in [0.05, 0.1) is 4.92 Å². The molecule has 1 aromatic heterocycles. The number of pyridine rings is 1. The summed E-state index contributed by atoms with van der Waals surface area (Å²) in [4.78, 5) is 13.5. The van der Waals surface area contributed by atoms with E-state index < -0.39 is 4.92 Å². The number of rotatable bonds is 2. The predicted molar refractivity (Wildman–Crippen MR) is 48.5 cm³/mol. The van der Waals surface area contributed by atoms with Crippen LogP contribution in [0.2, 0.25) is 5.02 Å². The minimum absolute atomic E-state index is 0.0648. The molecule has 2 N–H and O–H groups in total. The van der Waals surface area contributed by atoms with Gasteiger partial charge in [-0.1, -0.05) is 11.6 Å². The third-order valence-corrected chi connectivity index (χ3v) is 1.99. The van der Waals surface area contributed by atoms with E-state index in [4.69, 9.17) is 17.3 Å². The van der Waals surface area contributed by atoms with Crippen molar-refractivity contribution in [2.45, 2.75) is 13.0 Å². The normalized spacial score (nSPS) is 12.5. The highest BCUT2D eigenvalue weighted by atomic mass is 35.5. The lowest BCUT2D eigenvalue weighted by Crippen LogP contribution is -2.07. The monoisotopic (exact) mass is 201 g/mol. The van der Waals surface area contributed by atoms with Crippen LogP contribution in [-0.2, 0) is 0 Å². The Morgan fingerprint density at radius 1 is 1.69 bits per heavy atom. The van der Waals surface area contributed by atoms with Gasteiger partial charge in [-0.3, -0.25) is 15.1 Å². The Labute approximate surface area is 79.7 Å². The molecule has 0 saturated heterocycles. The molecule has 0 amide bonds. The highest BCUT2D eigenvalue weighted by Gasteiger charge is 2.17. The number of hydrogen-bond acceptors (Lipinski definition) is 4. The van der Waals surface area contributed by atoms with Gasteiger partial charge in [0.25, 0.3) is 0 Å². The molecule has 13 heavy (non-hydrogen) atoms. The van der Waals surface area contributed by atoms with Crippen LogP contribution in [0.3, 0.4) is 0 Å². The van der Waals surface area contributed by atoms with Gasteiger partial charge in [-0.2, -0.15) is 0 Å².